The van der Waals surface area contributed by atoms with E-state index in [1.54, 1.807) is 13.1 Å². The molecule has 1 aromatic carbocycles. The molecule has 6 rings (SSSR count). The lowest BCUT2D eigenvalue weighted by Gasteiger charge is -2.32. The number of ether oxygens (including phenoxy) is 2. The number of benzene rings is 1. The minimum Gasteiger partial charge on any atom is -0.492 e. The van der Waals surface area contributed by atoms with Gasteiger partial charge in [0.25, 0.3) is 5.91 Å². The van der Waals surface area contributed by atoms with Crippen LogP contribution < -0.4 is 24.8 Å². The molecule has 14 nitrogen and oxygen atoms in total. The van der Waals surface area contributed by atoms with Crippen LogP contribution in [0.5, 0.6) is 11.6 Å². The molecule has 3 fully saturated rings. The highest BCUT2D eigenvalue weighted by Crippen LogP contribution is 2.47. The molecule has 4 aliphatic rings. The maximum absolute atomic E-state index is 14.4. The van der Waals surface area contributed by atoms with Crippen LogP contribution >= 0.6 is 0 Å². The van der Waals surface area contributed by atoms with Crippen LogP contribution in [0.1, 0.15) is 72.6 Å². The molecule has 0 radical (unpaired) electrons. The Hall–Kier alpha value is -4.40. The summed E-state index contributed by atoms with van der Waals surface area (Å²) < 4.78 is 39.5. The lowest BCUT2D eigenvalue weighted by Crippen LogP contribution is -2.59. The summed E-state index contributed by atoms with van der Waals surface area (Å²) in [4.78, 5) is 60.2. The van der Waals surface area contributed by atoms with Crippen molar-refractivity contribution < 1.29 is 42.2 Å². The minimum atomic E-state index is -4.00. The second-order valence-electron chi connectivity index (χ2n) is 14.8. The number of nitrogens with one attached hydrogen (secondary N) is 3. The Balaban J connectivity index is 1.34. The molecule has 0 unspecified atom stereocenters. The van der Waals surface area contributed by atoms with Gasteiger partial charge in [0.05, 0.1) is 24.1 Å². The second kappa shape index (κ2) is 14.0. The summed E-state index contributed by atoms with van der Waals surface area (Å²) in [5, 5.41) is 16.5. The van der Waals surface area contributed by atoms with Crippen LogP contribution in [0.15, 0.2) is 42.6 Å². The molecule has 2 saturated carbocycles. The standard InChI is InChI=1S/C36H47N5O9S/c1-5-49-28-19-37-31(26-13-9-8-12-25(26)28)50-24-17-27-30(42)39-36(33(44)40-51(47,48)35(4)14-15-35)18-23(36)11-7-6-10-21(2)16-22(3)29(38-34(45)46)32(43)41(27)20-24/h7-9,11-13,19,21-24,27,29,38H,5-6,10,14-18,20H2,1-4H3,(H,39,42)(H,40,44)(H,45,46)/b11-7-/t21-,22+,23+,24+,27-,29-,36+/m0/s1. The molecule has 2 aliphatic heterocycles. The monoisotopic (exact) mass is 725 g/mol. The van der Waals surface area contributed by atoms with Gasteiger partial charge in [0.15, 0.2) is 0 Å². The van der Waals surface area contributed by atoms with Crippen LogP contribution in [0, 0.1) is 17.8 Å². The van der Waals surface area contributed by atoms with E-state index in [4.69, 9.17) is 9.47 Å². The second-order valence-corrected chi connectivity index (χ2v) is 17.0. The number of amides is 4. The summed E-state index contributed by atoms with van der Waals surface area (Å²) >= 11 is 0. The zero-order valence-electron chi connectivity index (χ0n) is 29.4. The number of nitrogens with zero attached hydrogens (tertiary/aromatic N) is 2. The first-order valence-electron chi connectivity index (χ1n) is 17.7. The number of fused-ring (bicyclic) bond motifs is 3. The van der Waals surface area contributed by atoms with Gasteiger partial charge in [-0.3, -0.25) is 19.1 Å². The highest BCUT2D eigenvalue weighted by Gasteiger charge is 2.63. The minimum absolute atomic E-state index is 0.0138. The van der Waals surface area contributed by atoms with Crippen molar-refractivity contribution in [2.24, 2.45) is 17.8 Å². The van der Waals surface area contributed by atoms with Gasteiger partial charge in [-0.15, -0.1) is 0 Å². The van der Waals surface area contributed by atoms with Crippen LogP contribution in [-0.4, -0.2) is 88.8 Å². The van der Waals surface area contributed by atoms with Crippen LogP contribution in [0.2, 0.25) is 0 Å². The number of rotatable bonds is 8. The van der Waals surface area contributed by atoms with E-state index in [1.165, 1.54) is 4.90 Å². The average Bonchev–Trinajstić information content (AvgIpc) is 3.96. The van der Waals surface area contributed by atoms with E-state index in [9.17, 15) is 32.7 Å². The van der Waals surface area contributed by atoms with Crippen LogP contribution in [0.25, 0.3) is 10.8 Å². The average molecular weight is 726 g/mol. The largest absolute Gasteiger partial charge is 0.492 e. The van der Waals surface area contributed by atoms with Gasteiger partial charge in [0.2, 0.25) is 27.7 Å². The zero-order chi connectivity index (χ0) is 36.7. The molecular formula is C36H47N5O9S. The van der Waals surface area contributed by atoms with E-state index in [1.807, 2.05) is 57.2 Å². The molecule has 4 N–H and O–H groups in total. The molecule has 2 aliphatic carbocycles. The van der Waals surface area contributed by atoms with Crippen LogP contribution in [0.4, 0.5) is 4.79 Å². The van der Waals surface area contributed by atoms with Crippen molar-refractivity contribution in [3.63, 3.8) is 0 Å². The van der Waals surface area contributed by atoms with Gasteiger partial charge in [-0.2, -0.15) is 0 Å². The summed E-state index contributed by atoms with van der Waals surface area (Å²) in [6, 6.07) is 5.10. The van der Waals surface area contributed by atoms with E-state index in [0.717, 1.165) is 11.8 Å². The topological polar surface area (TPSA) is 193 Å². The molecule has 1 saturated heterocycles. The van der Waals surface area contributed by atoms with Crippen LogP contribution in [0.3, 0.4) is 0 Å². The fourth-order valence-electron chi connectivity index (χ4n) is 7.39. The van der Waals surface area contributed by atoms with Gasteiger partial charge < -0.3 is 30.1 Å². The first kappa shape index (κ1) is 36.4. The van der Waals surface area contributed by atoms with Gasteiger partial charge in [0.1, 0.15) is 29.5 Å². The van der Waals surface area contributed by atoms with E-state index < -0.39 is 74.1 Å². The first-order chi connectivity index (χ1) is 24.2. The van der Waals surface area contributed by atoms with Crippen molar-refractivity contribution in [3.8, 4) is 11.6 Å². The molecule has 276 valence electrons. The molecule has 0 spiro atoms. The van der Waals surface area contributed by atoms with Gasteiger partial charge in [-0.25, -0.2) is 18.2 Å². The maximum Gasteiger partial charge on any atom is 0.405 e. The predicted molar refractivity (Wildman–Crippen MR) is 187 cm³/mol. The first-order valence-corrected chi connectivity index (χ1v) is 19.2. The van der Waals surface area contributed by atoms with Gasteiger partial charge in [-0.1, -0.05) is 44.2 Å². The Bertz CT molecular complexity index is 1850. The van der Waals surface area contributed by atoms with Gasteiger partial charge in [-0.05, 0) is 70.3 Å². The number of carbonyl (C=O) groups is 4. The number of allylic oxidation sites excluding steroid dienone is 1. The third-order valence-electron chi connectivity index (χ3n) is 10.8. The van der Waals surface area contributed by atoms with Crippen molar-refractivity contribution in [1.82, 2.24) is 25.2 Å². The van der Waals surface area contributed by atoms with Crippen molar-refractivity contribution in [2.45, 2.75) is 101 Å². The number of hydrogen-bond acceptors (Lipinski definition) is 9. The number of carboxylic acid groups (broad SMARTS) is 1. The van der Waals surface area contributed by atoms with Gasteiger partial charge >= 0.3 is 6.09 Å². The molecule has 0 bridgehead atoms. The lowest BCUT2D eigenvalue weighted by atomic mass is 9.88. The van der Waals surface area contributed by atoms with Crippen LogP contribution in [-0.2, 0) is 24.4 Å². The number of sulfonamides is 1. The fraction of sp³-hybridized carbons (Fsp3) is 0.583. The summed E-state index contributed by atoms with van der Waals surface area (Å²) in [6.07, 6.45) is 6.24. The highest BCUT2D eigenvalue weighted by atomic mass is 32.2. The van der Waals surface area contributed by atoms with E-state index >= 15 is 0 Å². The molecule has 3 heterocycles. The number of hydrogen-bond donors (Lipinski definition) is 4. The third kappa shape index (κ3) is 7.35. The number of carbonyl (C=O) groups excluding carboxylic acids is 3. The highest BCUT2D eigenvalue weighted by molar-refractivity contribution is 7.91. The van der Waals surface area contributed by atoms with Crippen molar-refractivity contribution in [3.05, 3.63) is 42.6 Å². The number of aromatic nitrogens is 1. The quantitative estimate of drug-likeness (QED) is 0.293. The summed E-state index contributed by atoms with van der Waals surface area (Å²) in [5.41, 5.74) is -1.54. The molecule has 2 aromatic rings. The van der Waals surface area contributed by atoms with Gasteiger partial charge in [0, 0.05) is 23.1 Å². The molecular weight excluding hydrogens is 678 g/mol. The van der Waals surface area contributed by atoms with Crippen molar-refractivity contribution in [1.29, 1.82) is 0 Å². The zero-order valence-corrected chi connectivity index (χ0v) is 30.2. The Morgan fingerprint density at radius 2 is 1.86 bits per heavy atom. The molecule has 51 heavy (non-hydrogen) atoms. The van der Waals surface area contributed by atoms with E-state index in [-0.39, 0.29) is 31.2 Å². The Morgan fingerprint density at radius 3 is 2.55 bits per heavy atom. The Morgan fingerprint density at radius 1 is 1.14 bits per heavy atom. The molecule has 1 aromatic heterocycles. The van der Waals surface area contributed by atoms with E-state index in [2.05, 4.69) is 20.3 Å². The summed E-state index contributed by atoms with van der Waals surface area (Å²) in [5.74, 6) is -1.95. The lowest BCUT2D eigenvalue weighted by molar-refractivity contribution is -0.142. The molecule has 7 atom stereocenters. The fourth-order valence-corrected chi connectivity index (χ4v) is 8.71. The maximum atomic E-state index is 14.4. The predicted octanol–water partition coefficient (Wildman–Crippen LogP) is 3.50. The summed E-state index contributed by atoms with van der Waals surface area (Å²) in [6.45, 7) is 7.67. The SMILES string of the molecule is CCOc1cnc(O[C@@H]2C[C@H]3C(=O)N[C@]4(C(=O)NS(=O)(=O)C5(C)CC5)C[C@H]4/C=C\CC[C@H](C)C[C@@H](C)[C@H](NC(=O)O)C(=O)N3C2)c2ccccc12. The summed E-state index contributed by atoms with van der Waals surface area (Å²) in [7, 11) is -4.00. The molecule has 15 heteroatoms. The normalized spacial score (nSPS) is 31.2. The molecule has 4 amide bonds. The Kier molecular flexibility index (Phi) is 9.96. The third-order valence-corrected chi connectivity index (χ3v) is 13.0. The van der Waals surface area contributed by atoms with E-state index in [0.29, 0.717) is 43.4 Å². The van der Waals surface area contributed by atoms with Crippen molar-refractivity contribution in [2.75, 3.05) is 13.2 Å². The number of pyridine rings is 1. The smallest absolute Gasteiger partial charge is 0.405 e. The Labute approximate surface area is 297 Å². The van der Waals surface area contributed by atoms with Crippen molar-refractivity contribution >= 4 is 44.6 Å².